The number of imide groups is 1. The fraction of sp³-hybridized carbons (Fsp3) is 0.714. The van der Waals surface area contributed by atoms with Crippen molar-refractivity contribution < 1.29 is 14.7 Å². The van der Waals surface area contributed by atoms with Crippen LogP contribution in [-0.2, 0) is 4.79 Å². The molecule has 0 aromatic rings. The Morgan fingerprint density at radius 1 is 1.42 bits per heavy atom. The highest BCUT2D eigenvalue weighted by atomic mass is 16.3. The van der Waals surface area contributed by atoms with E-state index in [1.807, 2.05) is 0 Å². The van der Waals surface area contributed by atoms with E-state index >= 15 is 0 Å². The second kappa shape index (κ2) is 3.10. The Bertz CT molecular complexity index is 217. The molecule has 1 unspecified atom stereocenters. The lowest BCUT2D eigenvalue weighted by molar-refractivity contribution is -0.127. The van der Waals surface area contributed by atoms with E-state index in [0.717, 1.165) is 4.90 Å². The summed E-state index contributed by atoms with van der Waals surface area (Å²) in [6.07, 6.45) is 0.311. The summed E-state index contributed by atoms with van der Waals surface area (Å²) in [5.74, 6) is -0.239. The van der Waals surface area contributed by atoms with Gasteiger partial charge in [-0.1, -0.05) is 0 Å². The van der Waals surface area contributed by atoms with E-state index in [0.29, 0.717) is 6.42 Å². The van der Waals surface area contributed by atoms with Crippen LogP contribution in [0.25, 0.3) is 0 Å². The first-order chi connectivity index (χ1) is 5.59. The van der Waals surface area contributed by atoms with Crippen LogP contribution in [0.4, 0.5) is 4.79 Å². The first-order valence-electron chi connectivity index (χ1n) is 3.74. The summed E-state index contributed by atoms with van der Waals surface area (Å²) >= 11 is 0. The lowest BCUT2D eigenvalue weighted by Crippen LogP contribution is -2.31. The Morgan fingerprint density at radius 2 is 2.00 bits per heavy atom. The van der Waals surface area contributed by atoms with Gasteiger partial charge in [-0.05, 0) is 6.42 Å². The molecule has 0 aliphatic carbocycles. The van der Waals surface area contributed by atoms with Crippen molar-refractivity contribution in [2.45, 2.75) is 12.5 Å². The average molecular weight is 172 g/mol. The van der Waals surface area contributed by atoms with Crippen LogP contribution in [0, 0.1) is 0 Å². The zero-order chi connectivity index (χ0) is 9.30. The normalized spacial score (nSPS) is 24.1. The van der Waals surface area contributed by atoms with Crippen molar-refractivity contribution in [3.05, 3.63) is 0 Å². The van der Waals surface area contributed by atoms with Crippen molar-refractivity contribution in [3.63, 3.8) is 0 Å². The van der Waals surface area contributed by atoms with Gasteiger partial charge in [-0.2, -0.15) is 0 Å². The molecule has 1 fully saturated rings. The third-order valence-electron chi connectivity index (χ3n) is 2.07. The molecule has 12 heavy (non-hydrogen) atoms. The predicted octanol–water partition coefficient (Wildman–Crippen LogP) is -0.739. The molecule has 1 atom stereocenters. The predicted molar refractivity (Wildman–Crippen MR) is 41.4 cm³/mol. The van der Waals surface area contributed by atoms with Crippen LogP contribution in [0.5, 0.6) is 0 Å². The second-order valence-electron chi connectivity index (χ2n) is 2.82. The van der Waals surface area contributed by atoms with Crippen molar-refractivity contribution in [1.29, 1.82) is 0 Å². The van der Waals surface area contributed by atoms with Gasteiger partial charge in [0.05, 0.1) is 0 Å². The van der Waals surface area contributed by atoms with Gasteiger partial charge in [-0.3, -0.25) is 9.69 Å². The first-order valence-corrected chi connectivity index (χ1v) is 3.74. The maximum Gasteiger partial charge on any atom is 0.326 e. The van der Waals surface area contributed by atoms with Crippen molar-refractivity contribution >= 4 is 11.9 Å². The SMILES string of the molecule is CN1C(=O)C(CCO)N(C)C1=O. The summed E-state index contributed by atoms with van der Waals surface area (Å²) in [6, 6.07) is -0.786. The molecule has 1 aliphatic rings. The summed E-state index contributed by atoms with van der Waals surface area (Å²) in [6.45, 7) is -0.0815. The fourth-order valence-corrected chi connectivity index (χ4v) is 1.29. The highest BCUT2D eigenvalue weighted by Crippen LogP contribution is 2.15. The summed E-state index contributed by atoms with van der Waals surface area (Å²) in [5.41, 5.74) is 0. The number of carbonyl (C=O) groups excluding carboxylic acids is 2. The maximum atomic E-state index is 11.3. The number of likely N-dealkylation sites (N-methyl/N-ethyl adjacent to an activating group) is 2. The van der Waals surface area contributed by atoms with E-state index in [1.54, 1.807) is 7.05 Å². The van der Waals surface area contributed by atoms with Gasteiger partial charge in [0.25, 0.3) is 5.91 Å². The third kappa shape index (κ3) is 1.16. The molecule has 1 aliphatic heterocycles. The molecule has 0 bridgehead atoms. The first kappa shape index (κ1) is 8.99. The number of hydrogen-bond donors (Lipinski definition) is 1. The molecule has 1 rings (SSSR count). The fourth-order valence-electron chi connectivity index (χ4n) is 1.29. The number of carbonyl (C=O) groups is 2. The number of aliphatic hydroxyl groups excluding tert-OH is 1. The minimum Gasteiger partial charge on any atom is -0.396 e. The second-order valence-corrected chi connectivity index (χ2v) is 2.82. The Kier molecular flexibility index (Phi) is 2.32. The number of nitrogens with zero attached hydrogens (tertiary/aromatic N) is 2. The van der Waals surface area contributed by atoms with Gasteiger partial charge in [-0.15, -0.1) is 0 Å². The number of rotatable bonds is 2. The highest BCUT2D eigenvalue weighted by molar-refractivity contribution is 6.03. The Labute approximate surface area is 70.6 Å². The van der Waals surface area contributed by atoms with Crippen molar-refractivity contribution in [2.75, 3.05) is 20.7 Å². The third-order valence-corrected chi connectivity index (χ3v) is 2.07. The standard InChI is InChI=1S/C7H12N2O3/c1-8-5(3-4-10)6(11)9(2)7(8)12/h5,10H,3-4H2,1-2H3. The molecule has 5 heteroatoms. The summed E-state index contributed by atoms with van der Waals surface area (Å²) < 4.78 is 0. The average Bonchev–Trinajstić information content (AvgIpc) is 2.23. The molecule has 0 aromatic heterocycles. The Morgan fingerprint density at radius 3 is 2.33 bits per heavy atom. The maximum absolute atomic E-state index is 11.3. The number of hydrogen-bond acceptors (Lipinski definition) is 3. The molecule has 1 saturated heterocycles. The van der Waals surface area contributed by atoms with E-state index in [9.17, 15) is 9.59 Å². The van der Waals surface area contributed by atoms with Crippen LogP contribution < -0.4 is 0 Å². The zero-order valence-corrected chi connectivity index (χ0v) is 7.15. The van der Waals surface area contributed by atoms with E-state index in [1.165, 1.54) is 11.9 Å². The highest BCUT2D eigenvalue weighted by Gasteiger charge is 2.39. The summed E-state index contributed by atoms with van der Waals surface area (Å²) in [7, 11) is 3.00. The largest absolute Gasteiger partial charge is 0.396 e. The van der Waals surface area contributed by atoms with Crippen LogP contribution >= 0.6 is 0 Å². The van der Waals surface area contributed by atoms with Gasteiger partial charge in [-0.25, -0.2) is 4.79 Å². The molecule has 3 amide bonds. The van der Waals surface area contributed by atoms with Crippen LogP contribution in [0.1, 0.15) is 6.42 Å². The summed E-state index contributed by atoms with van der Waals surface area (Å²) in [4.78, 5) is 24.8. The van der Waals surface area contributed by atoms with Crippen molar-refractivity contribution in [1.82, 2.24) is 9.80 Å². The van der Waals surface area contributed by atoms with E-state index in [4.69, 9.17) is 5.11 Å². The zero-order valence-electron chi connectivity index (χ0n) is 7.15. The lowest BCUT2D eigenvalue weighted by Gasteiger charge is -2.13. The van der Waals surface area contributed by atoms with Crippen LogP contribution in [0.3, 0.4) is 0 Å². The van der Waals surface area contributed by atoms with Crippen LogP contribution in [0.15, 0.2) is 0 Å². The van der Waals surface area contributed by atoms with Gasteiger partial charge < -0.3 is 10.0 Å². The Hall–Kier alpha value is -1.10. The topological polar surface area (TPSA) is 60.9 Å². The van der Waals surface area contributed by atoms with Crippen molar-refractivity contribution in [2.24, 2.45) is 0 Å². The lowest BCUT2D eigenvalue weighted by atomic mass is 10.2. The van der Waals surface area contributed by atoms with Gasteiger partial charge in [0.15, 0.2) is 0 Å². The molecule has 0 aromatic carbocycles. The monoisotopic (exact) mass is 172 g/mol. The van der Waals surface area contributed by atoms with Crippen molar-refractivity contribution in [3.8, 4) is 0 Å². The molecule has 5 nitrogen and oxygen atoms in total. The van der Waals surface area contributed by atoms with Gasteiger partial charge >= 0.3 is 6.03 Å². The number of amides is 3. The molecular weight excluding hydrogens is 160 g/mol. The minimum atomic E-state index is -0.479. The Balaban J connectivity index is 2.76. The van der Waals surface area contributed by atoms with Gasteiger partial charge in [0.1, 0.15) is 6.04 Å². The molecule has 1 N–H and O–H groups in total. The smallest absolute Gasteiger partial charge is 0.326 e. The van der Waals surface area contributed by atoms with Gasteiger partial charge in [0, 0.05) is 20.7 Å². The van der Waals surface area contributed by atoms with Gasteiger partial charge in [0.2, 0.25) is 0 Å². The quantitative estimate of drug-likeness (QED) is 0.558. The number of aliphatic hydroxyl groups is 1. The van der Waals surface area contributed by atoms with E-state index in [2.05, 4.69) is 0 Å². The van der Waals surface area contributed by atoms with E-state index in [-0.39, 0.29) is 18.5 Å². The molecule has 68 valence electrons. The molecule has 0 radical (unpaired) electrons. The number of urea groups is 1. The molecule has 1 heterocycles. The van der Waals surface area contributed by atoms with Crippen LogP contribution in [-0.4, -0.2) is 53.6 Å². The molecule has 0 spiro atoms. The summed E-state index contributed by atoms with van der Waals surface area (Å²) in [5, 5.41) is 8.63. The van der Waals surface area contributed by atoms with Crippen LogP contribution in [0.2, 0.25) is 0 Å². The molecule has 0 saturated carbocycles. The van der Waals surface area contributed by atoms with E-state index < -0.39 is 6.04 Å². The minimum absolute atomic E-state index is 0.0815. The molecular formula is C7H12N2O3.